The highest BCUT2D eigenvalue weighted by atomic mass is 32.2. The molecule has 0 bridgehead atoms. The van der Waals surface area contributed by atoms with Gasteiger partial charge in [-0.15, -0.1) is 11.8 Å². The molecule has 166 valence electrons. The van der Waals surface area contributed by atoms with Crippen molar-refractivity contribution in [2.45, 2.75) is 30.2 Å². The smallest absolute Gasteiger partial charge is 0.325 e. The Morgan fingerprint density at radius 2 is 1.50 bits per heavy atom. The minimum atomic E-state index is -4.56. The van der Waals surface area contributed by atoms with Crippen LogP contribution in [0, 0.1) is 6.92 Å². The summed E-state index contributed by atoms with van der Waals surface area (Å²) in [6.07, 6.45) is -4.56. The second-order valence-corrected chi connectivity index (χ2v) is 8.50. The number of halogens is 3. The van der Waals surface area contributed by atoms with Crippen LogP contribution in [-0.2, 0) is 11.0 Å². The van der Waals surface area contributed by atoms with Crippen LogP contribution < -0.4 is 10.6 Å². The van der Waals surface area contributed by atoms with Crippen LogP contribution in [0.25, 0.3) is 0 Å². The first-order valence-corrected chi connectivity index (χ1v) is 10.6. The molecule has 32 heavy (non-hydrogen) atoms. The Hall–Kier alpha value is -3.26. The van der Waals surface area contributed by atoms with Crippen molar-refractivity contribution in [2.24, 2.45) is 0 Å². The lowest BCUT2D eigenvalue weighted by atomic mass is 10.1. The normalized spacial score (nSPS) is 12.2. The largest absolute Gasteiger partial charge is 0.418 e. The number of carbonyl (C=O) groups excluding carboxylic acids is 2. The molecule has 2 amide bonds. The van der Waals surface area contributed by atoms with Crippen LogP contribution in [0.4, 0.5) is 24.5 Å². The molecule has 0 aliphatic rings. The summed E-state index contributed by atoms with van der Waals surface area (Å²) in [7, 11) is 0. The zero-order valence-corrected chi connectivity index (χ0v) is 18.2. The number of anilines is 2. The lowest BCUT2D eigenvalue weighted by Gasteiger charge is -2.16. The summed E-state index contributed by atoms with van der Waals surface area (Å²) in [5, 5.41) is 4.55. The molecule has 3 aromatic carbocycles. The summed E-state index contributed by atoms with van der Waals surface area (Å²) >= 11 is 1.20. The SMILES string of the molecule is Cc1ccccc1C(=O)Nc1ccc(SC(C)C(=O)Nc2ccccc2C(F)(F)F)cc1. The Labute approximate surface area is 188 Å². The number of amides is 2. The van der Waals surface area contributed by atoms with E-state index in [1.165, 1.54) is 30.0 Å². The van der Waals surface area contributed by atoms with Crippen LogP contribution in [0.2, 0.25) is 0 Å². The van der Waals surface area contributed by atoms with Crippen LogP contribution in [0.5, 0.6) is 0 Å². The molecule has 0 heterocycles. The molecule has 0 fully saturated rings. The number of alkyl halides is 3. The molecule has 0 saturated heterocycles. The van der Waals surface area contributed by atoms with Gasteiger partial charge in [0.25, 0.3) is 5.91 Å². The summed E-state index contributed by atoms with van der Waals surface area (Å²) in [5.41, 5.74) is 0.879. The van der Waals surface area contributed by atoms with Crippen molar-refractivity contribution in [3.8, 4) is 0 Å². The zero-order chi connectivity index (χ0) is 23.3. The van der Waals surface area contributed by atoms with Crippen LogP contribution in [0.3, 0.4) is 0 Å². The highest BCUT2D eigenvalue weighted by molar-refractivity contribution is 8.00. The van der Waals surface area contributed by atoms with Crippen LogP contribution in [0.15, 0.2) is 77.7 Å². The lowest BCUT2D eigenvalue weighted by molar-refractivity contribution is -0.137. The monoisotopic (exact) mass is 458 g/mol. The molecule has 0 spiro atoms. The fraction of sp³-hybridized carbons (Fsp3) is 0.167. The maximum Gasteiger partial charge on any atom is 0.418 e. The predicted molar refractivity (Wildman–Crippen MR) is 121 cm³/mol. The van der Waals surface area contributed by atoms with Crippen LogP contribution in [0.1, 0.15) is 28.4 Å². The molecule has 0 radical (unpaired) electrons. The fourth-order valence-corrected chi connectivity index (χ4v) is 3.84. The number of aryl methyl sites for hydroxylation is 1. The minimum absolute atomic E-state index is 0.223. The first-order chi connectivity index (χ1) is 15.1. The van der Waals surface area contributed by atoms with Gasteiger partial charge >= 0.3 is 6.18 Å². The first-order valence-electron chi connectivity index (χ1n) is 9.76. The third-order valence-electron chi connectivity index (χ3n) is 4.67. The van der Waals surface area contributed by atoms with E-state index in [-0.39, 0.29) is 11.6 Å². The Balaban J connectivity index is 1.61. The molecule has 4 nitrogen and oxygen atoms in total. The molecule has 3 rings (SSSR count). The summed E-state index contributed by atoms with van der Waals surface area (Å²) in [5.74, 6) is -0.761. The first kappa shape index (κ1) is 23.4. The van der Waals surface area contributed by atoms with E-state index < -0.39 is 22.9 Å². The lowest BCUT2D eigenvalue weighted by Crippen LogP contribution is -2.24. The van der Waals surface area contributed by atoms with Crippen molar-refractivity contribution < 1.29 is 22.8 Å². The van der Waals surface area contributed by atoms with E-state index in [4.69, 9.17) is 0 Å². The van der Waals surface area contributed by atoms with Crippen LogP contribution >= 0.6 is 11.8 Å². The highest BCUT2D eigenvalue weighted by Crippen LogP contribution is 2.35. The average molecular weight is 459 g/mol. The van der Waals surface area contributed by atoms with E-state index in [0.29, 0.717) is 11.3 Å². The molecule has 8 heteroatoms. The number of para-hydroxylation sites is 1. The maximum absolute atomic E-state index is 13.1. The number of benzene rings is 3. The summed E-state index contributed by atoms with van der Waals surface area (Å²) in [4.78, 5) is 25.6. The van der Waals surface area contributed by atoms with Gasteiger partial charge in [0, 0.05) is 16.1 Å². The van der Waals surface area contributed by atoms with Crippen molar-refractivity contribution in [3.63, 3.8) is 0 Å². The molecule has 3 aromatic rings. The van der Waals surface area contributed by atoms with Gasteiger partial charge in [0.15, 0.2) is 0 Å². The number of rotatable bonds is 6. The average Bonchev–Trinajstić information content (AvgIpc) is 2.75. The molecule has 0 saturated carbocycles. The number of nitrogens with one attached hydrogen (secondary N) is 2. The molecule has 1 unspecified atom stereocenters. The molecule has 0 aliphatic carbocycles. The summed E-state index contributed by atoms with van der Waals surface area (Å²) in [6.45, 7) is 3.47. The Kier molecular flexibility index (Phi) is 7.25. The third-order valence-corrected chi connectivity index (χ3v) is 5.79. The van der Waals surface area contributed by atoms with Gasteiger partial charge < -0.3 is 10.6 Å². The maximum atomic E-state index is 13.1. The standard InChI is InChI=1S/C24H21F3N2O2S/c1-15-7-3-4-8-19(15)23(31)28-17-11-13-18(14-12-17)32-16(2)22(30)29-21-10-6-5-9-20(21)24(25,26)27/h3-14,16H,1-2H3,(H,28,31)(H,29,30). The molecule has 2 N–H and O–H groups in total. The van der Waals surface area contributed by atoms with Crippen molar-refractivity contribution in [1.82, 2.24) is 0 Å². The van der Waals surface area contributed by atoms with Gasteiger partial charge in [-0.25, -0.2) is 0 Å². The van der Waals surface area contributed by atoms with Gasteiger partial charge in [0.1, 0.15) is 0 Å². The second kappa shape index (κ2) is 9.91. The van der Waals surface area contributed by atoms with E-state index in [9.17, 15) is 22.8 Å². The second-order valence-electron chi connectivity index (χ2n) is 7.09. The Morgan fingerprint density at radius 1 is 0.875 bits per heavy atom. The van der Waals surface area contributed by atoms with E-state index in [2.05, 4.69) is 10.6 Å². The summed E-state index contributed by atoms with van der Waals surface area (Å²) < 4.78 is 39.4. The minimum Gasteiger partial charge on any atom is -0.325 e. The summed E-state index contributed by atoms with van der Waals surface area (Å²) in [6, 6.07) is 19.0. The van der Waals surface area contributed by atoms with Crippen LogP contribution in [-0.4, -0.2) is 17.1 Å². The van der Waals surface area contributed by atoms with E-state index in [0.717, 1.165) is 16.5 Å². The number of hydrogen-bond donors (Lipinski definition) is 2. The molecular weight excluding hydrogens is 437 g/mol. The number of carbonyl (C=O) groups is 2. The quantitative estimate of drug-likeness (QED) is 0.421. The fourth-order valence-electron chi connectivity index (χ4n) is 2.97. The third kappa shape index (κ3) is 5.91. The zero-order valence-electron chi connectivity index (χ0n) is 17.4. The van der Waals surface area contributed by atoms with Gasteiger partial charge in [-0.05, 0) is 61.9 Å². The molecule has 1 atom stereocenters. The van der Waals surface area contributed by atoms with Gasteiger partial charge in [-0.3, -0.25) is 9.59 Å². The van der Waals surface area contributed by atoms with Gasteiger partial charge in [-0.2, -0.15) is 13.2 Å². The van der Waals surface area contributed by atoms with Crippen molar-refractivity contribution >= 4 is 35.0 Å². The van der Waals surface area contributed by atoms with E-state index in [1.807, 2.05) is 19.1 Å². The van der Waals surface area contributed by atoms with E-state index >= 15 is 0 Å². The topological polar surface area (TPSA) is 58.2 Å². The predicted octanol–water partition coefficient (Wildman–Crippen LogP) is 6.39. The number of thioether (sulfide) groups is 1. The van der Waals surface area contributed by atoms with Crippen molar-refractivity contribution in [2.75, 3.05) is 10.6 Å². The molecule has 0 aromatic heterocycles. The van der Waals surface area contributed by atoms with E-state index in [1.54, 1.807) is 43.3 Å². The molecule has 0 aliphatic heterocycles. The Morgan fingerprint density at radius 3 is 2.16 bits per heavy atom. The number of hydrogen-bond acceptors (Lipinski definition) is 3. The van der Waals surface area contributed by atoms with Gasteiger partial charge in [0.2, 0.25) is 5.91 Å². The van der Waals surface area contributed by atoms with Crippen molar-refractivity contribution in [3.05, 3.63) is 89.5 Å². The molecular formula is C24H21F3N2O2S. The Bertz CT molecular complexity index is 1110. The van der Waals surface area contributed by atoms with Gasteiger partial charge in [0.05, 0.1) is 16.5 Å². The highest BCUT2D eigenvalue weighted by Gasteiger charge is 2.33. The van der Waals surface area contributed by atoms with Crippen molar-refractivity contribution in [1.29, 1.82) is 0 Å². The van der Waals surface area contributed by atoms with Gasteiger partial charge in [-0.1, -0.05) is 30.3 Å².